The molecule has 0 aliphatic heterocycles. The van der Waals surface area contributed by atoms with Crippen molar-refractivity contribution >= 4 is 22.7 Å². The molecular weight excluding hydrogens is 244 g/mol. The van der Waals surface area contributed by atoms with E-state index in [1.807, 2.05) is 0 Å². The molecule has 0 bridgehead atoms. The van der Waals surface area contributed by atoms with E-state index < -0.39 is 0 Å². The number of rotatable bonds is 5. The molecule has 94 valence electrons. The second kappa shape index (κ2) is 9.43. The van der Waals surface area contributed by atoms with Crippen molar-refractivity contribution in [1.82, 2.24) is 0 Å². The van der Waals surface area contributed by atoms with Gasteiger partial charge in [-0.05, 0) is 64.0 Å². The van der Waals surface area contributed by atoms with E-state index in [0.717, 1.165) is 0 Å². The van der Waals surface area contributed by atoms with Gasteiger partial charge in [-0.1, -0.05) is 26.7 Å². The molecule has 0 fully saturated rings. The standard InChI is InChI=1S/C8H12S.C7H10S/c1-2-3-4-8-5-6-9-7-8;1-2-3-7-4-5-8-6-7/h5-7H,2-4H2,1H3;4-6H,2-3H2,1H3. The van der Waals surface area contributed by atoms with Crippen molar-refractivity contribution < 1.29 is 0 Å². The highest BCUT2D eigenvalue weighted by Gasteiger charge is 1.89. The van der Waals surface area contributed by atoms with Gasteiger partial charge in [-0.15, -0.1) is 0 Å². The van der Waals surface area contributed by atoms with Crippen LogP contribution in [0.15, 0.2) is 33.7 Å². The maximum atomic E-state index is 2.23. The van der Waals surface area contributed by atoms with Gasteiger partial charge in [-0.2, -0.15) is 22.7 Å². The summed E-state index contributed by atoms with van der Waals surface area (Å²) in [5, 5.41) is 8.72. The normalized spacial score (nSPS) is 9.76. The first-order chi connectivity index (χ1) is 8.36. The van der Waals surface area contributed by atoms with Crippen LogP contribution in [0.25, 0.3) is 0 Å². The highest BCUT2D eigenvalue weighted by atomic mass is 32.1. The Morgan fingerprint density at radius 3 is 1.82 bits per heavy atom. The number of hydrogen-bond acceptors (Lipinski definition) is 2. The van der Waals surface area contributed by atoms with Gasteiger partial charge in [0.1, 0.15) is 0 Å². The molecule has 2 aromatic rings. The molecule has 0 amide bonds. The van der Waals surface area contributed by atoms with E-state index in [1.165, 1.54) is 43.2 Å². The molecule has 0 aliphatic carbocycles. The van der Waals surface area contributed by atoms with Gasteiger partial charge in [0.25, 0.3) is 0 Å². The molecule has 2 heterocycles. The predicted molar refractivity (Wildman–Crippen MR) is 81.2 cm³/mol. The monoisotopic (exact) mass is 266 g/mol. The topological polar surface area (TPSA) is 0 Å². The van der Waals surface area contributed by atoms with Gasteiger partial charge in [-0.25, -0.2) is 0 Å². The fourth-order valence-electron chi connectivity index (χ4n) is 1.54. The molecule has 0 radical (unpaired) electrons. The lowest BCUT2D eigenvalue weighted by atomic mass is 10.2. The van der Waals surface area contributed by atoms with E-state index in [-0.39, 0.29) is 0 Å². The first-order valence-electron chi connectivity index (χ1n) is 6.39. The molecule has 2 rings (SSSR count). The number of thiophene rings is 2. The Morgan fingerprint density at radius 1 is 0.824 bits per heavy atom. The lowest BCUT2D eigenvalue weighted by Crippen LogP contribution is -1.77. The summed E-state index contributed by atoms with van der Waals surface area (Å²) in [6, 6.07) is 4.40. The minimum absolute atomic E-state index is 1.24. The Bertz CT molecular complexity index is 346. The highest BCUT2D eigenvalue weighted by molar-refractivity contribution is 7.08. The molecule has 0 atom stereocenters. The van der Waals surface area contributed by atoms with E-state index in [2.05, 4.69) is 47.5 Å². The summed E-state index contributed by atoms with van der Waals surface area (Å²) in [4.78, 5) is 0. The number of hydrogen-bond donors (Lipinski definition) is 0. The zero-order chi connectivity index (χ0) is 12.3. The minimum atomic E-state index is 1.24. The maximum Gasteiger partial charge on any atom is -0.00613 e. The van der Waals surface area contributed by atoms with Crippen LogP contribution in [-0.2, 0) is 12.8 Å². The molecule has 2 heteroatoms. The molecular formula is C15H22S2. The SMILES string of the molecule is CCCCc1ccsc1.CCCc1ccsc1. The third-order valence-electron chi connectivity index (χ3n) is 2.52. The molecule has 0 nitrogen and oxygen atoms in total. The molecule has 0 unspecified atom stereocenters. The highest BCUT2D eigenvalue weighted by Crippen LogP contribution is 2.09. The van der Waals surface area contributed by atoms with Crippen molar-refractivity contribution in [3.8, 4) is 0 Å². The molecule has 0 aliphatic rings. The molecule has 17 heavy (non-hydrogen) atoms. The molecule has 2 aromatic heterocycles. The lowest BCUT2D eigenvalue weighted by Gasteiger charge is -1.90. The van der Waals surface area contributed by atoms with Crippen molar-refractivity contribution in [3.63, 3.8) is 0 Å². The Morgan fingerprint density at radius 2 is 1.41 bits per heavy atom. The summed E-state index contributed by atoms with van der Waals surface area (Å²) in [5.74, 6) is 0. The summed E-state index contributed by atoms with van der Waals surface area (Å²) >= 11 is 3.57. The van der Waals surface area contributed by atoms with Crippen molar-refractivity contribution in [1.29, 1.82) is 0 Å². The zero-order valence-corrected chi connectivity index (χ0v) is 12.4. The molecule has 0 spiro atoms. The van der Waals surface area contributed by atoms with Gasteiger partial charge in [0, 0.05) is 0 Å². The van der Waals surface area contributed by atoms with Crippen molar-refractivity contribution in [2.24, 2.45) is 0 Å². The molecule has 0 saturated heterocycles. The second-order valence-corrected chi connectivity index (χ2v) is 5.68. The van der Waals surface area contributed by atoms with Crippen LogP contribution in [0.5, 0.6) is 0 Å². The summed E-state index contributed by atoms with van der Waals surface area (Å²) in [7, 11) is 0. The van der Waals surface area contributed by atoms with Crippen LogP contribution in [0.2, 0.25) is 0 Å². The lowest BCUT2D eigenvalue weighted by molar-refractivity contribution is 0.797. The van der Waals surface area contributed by atoms with Crippen LogP contribution in [0.3, 0.4) is 0 Å². The fourth-order valence-corrected chi connectivity index (χ4v) is 2.95. The van der Waals surface area contributed by atoms with E-state index in [0.29, 0.717) is 0 Å². The van der Waals surface area contributed by atoms with E-state index in [9.17, 15) is 0 Å². The van der Waals surface area contributed by atoms with Crippen LogP contribution < -0.4 is 0 Å². The van der Waals surface area contributed by atoms with Crippen LogP contribution in [-0.4, -0.2) is 0 Å². The van der Waals surface area contributed by atoms with Crippen LogP contribution in [0.4, 0.5) is 0 Å². The third-order valence-corrected chi connectivity index (χ3v) is 3.98. The third kappa shape index (κ3) is 6.64. The average molecular weight is 266 g/mol. The van der Waals surface area contributed by atoms with Crippen LogP contribution in [0, 0.1) is 0 Å². The zero-order valence-electron chi connectivity index (χ0n) is 10.8. The number of unbranched alkanes of at least 4 members (excludes halogenated alkanes) is 1. The fraction of sp³-hybridized carbons (Fsp3) is 0.467. The summed E-state index contributed by atoms with van der Waals surface area (Å²) < 4.78 is 0. The van der Waals surface area contributed by atoms with E-state index in [1.54, 1.807) is 22.7 Å². The van der Waals surface area contributed by atoms with Crippen molar-refractivity contribution in [3.05, 3.63) is 44.8 Å². The van der Waals surface area contributed by atoms with Crippen molar-refractivity contribution in [2.45, 2.75) is 46.0 Å². The molecule has 0 N–H and O–H groups in total. The maximum absolute atomic E-state index is 2.23. The summed E-state index contributed by atoms with van der Waals surface area (Å²) in [6.07, 6.45) is 6.40. The van der Waals surface area contributed by atoms with Gasteiger partial charge in [0.05, 0.1) is 0 Å². The van der Waals surface area contributed by atoms with Crippen molar-refractivity contribution in [2.75, 3.05) is 0 Å². The largest absolute Gasteiger partial charge is 0.152 e. The van der Waals surface area contributed by atoms with E-state index >= 15 is 0 Å². The second-order valence-electron chi connectivity index (χ2n) is 4.12. The first-order valence-corrected chi connectivity index (χ1v) is 8.27. The Labute approximate surface area is 113 Å². The number of aryl methyl sites for hydroxylation is 2. The van der Waals surface area contributed by atoms with Gasteiger partial charge in [-0.3, -0.25) is 0 Å². The molecule has 0 saturated carbocycles. The van der Waals surface area contributed by atoms with Crippen LogP contribution in [0.1, 0.15) is 44.2 Å². The summed E-state index contributed by atoms with van der Waals surface area (Å²) in [6.45, 7) is 4.43. The minimum Gasteiger partial charge on any atom is -0.152 e. The summed E-state index contributed by atoms with van der Waals surface area (Å²) in [5.41, 5.74) is 2.99. The van der Waals surface area contributed by atoms with Gasteiger partial charge in [0.15, 0.2) is 0 Å². The van der Waals surface area contributed by atoms with E-state index in [4.69, 9.17) is 0 Å². The van der Waals surface area contributed by atoms with Crippen LogP contribution >= 0.6 is 22.7 Å². The Hall–Kier alpha value is -0.600. The van der Waals surface area contributed by atoms with Gasteiger partial charge >= 0.3 is 0 Å². The van der Waals surface area contributed by atoms with Gasteiger partial charge < -0.3 is 0 Å². The first kappa shape index (κ1) is 14.5. The predicted octanol–water partition coefficient (Wildman–Crippen LogP) is 5.79. The Balaban J connectivity index is 0.000000171. The average Bonchev–Trinajstić information content (AvgIpc) is 3.00. The Kier molecular flexibility index (Phi) is 8.02. The smallest absolute Gasteiger partial charge is 0.00613 e. The van der Waals surface area contributed by atoms with Gasteiger partial charge in [0.2, 0.25) is 0 Å². The molecule has 0 aromatic carbocycles. The quantitative estimate of drug-likeness (QED) is 0.642.